The van der Waals surface area contributed by atoms with Crippen LogP contribution in [0.5, 0.6) is 0 Å². The first-order chi connectivity index (χ1) is 14.5. The number of carboxylic acids is 1. The first-order valence-corrected chi connectivity index (χ1v) is 12.4. The standard InChI is InChI=1S/C28H46O2.H3N/c1-6-8-9-10-11-12-13-14-15-16-17-18-19-20-21-26-24(5)25(7-2)22(3)23(4)27(26)28(29)30;/h7H,2,6,8-21H2,1,3-5H3,(H,29,30);1H3. The molecule has 0 fully saturated rings. The Morgan fingerprint density at radius 1 is 0.742 bits per heavy atom. The molecule has 1 rings (SSSR count). The largest absolute Gasteiger partial charge is 0.545 e. The molecule has 0 spiro atoms. The van der Waals surface area contributed by atoms with Crippen molar-refractivity contribution in [2.24, 2.45) is 0 Å². The predicted molar refractivity (Wildman–Crippen MR) is 135 cm³/mol. The Bertz CT molecular complexity index is 664. The highest BCUT2D eigenvalue weighted by Crippen LogP contribution is 2.29. The summed E-state index contributed by atoms with van der Waals surface area (Å²) >= 11 is 0. The molecular weight excluding hydrogens is 382 g/mol. The van der Waals surface area contributed by atoms with Crippen LogP contribution in [-0.2, 0) is 6.42 Å². The number of hydrogen-bond donors (Lipinski definition) is 1. The van der Waals surface area contributed by atoms with Crippen LogP contribution in [0.1, 0.15) is 135 Å². The van der Waals surface area contributed by atoms with Crippen LogP contribution in [0.2, 0.25) is 0 Å². The van der Waals surface area contributed by atoms with Crippen molar-refractivity contribution in [3.63, 3.8) is 0 Å². The summed E-state index contributed by atoms with van der Waals surface area (Å²) in [5, 5.41) is 11.8. The van der Waals surface area contributed by atoms with Crippen LogP contribution < -0.4 is 11.3 Å². The van der Waals surface area contributed by atoms with E-state index in [4.69, 9.17) is 0 Å². The highest BCUT2D eigenvalue weighted by Gasteiger charge is 2.16. The molecule has 0 aliphatic heterocycles. The maximum Gasteiger partial charge on any atom is 0.0720 e. The molecule has 0 radical (unpaired) electrons. The van der Waals surface area contributed by atoms with Crippen molar-refractivity contribution in [3.8, 4) is 0 Å². The molecule has 3 heteroatoms. The van der Waals surface area contributed by atoms with Gasteiger partial charge in [0.05, 0.1) is 5.97 Å². The summed E-state index contributed by atoms with van der Waals surface area (Å²) in [5.74, 6) is -1.05. The Morgan fingerprint density at radius 2 is 1.16 bits per heavy atom. The second-order valence-electron chi connectivity index (χ2n) is 8.98. The molecule has 4 N–H and O–H groups in total. The van der Waals surface area contributed by atoms with Crippen molar-refractivity contribution in [2.75, 3.05) is 0 Å². The molecule has 3 nitrogen and oxygen atoms in total. The van der Waals surface area contributed by atoms with E-state index in [0.29, 0.717) is 5.56 Å². The predicted octanol–water partition coefficient (Wildman–Crippen LogP) is 8.02. The van der Waals surface area contributed by atoms with E-state index >= 15 is 0 Å². The summed E-state index contributed by atoms with van der Waals surface area (Å²) in [5.41, 5.74) is 5.33. The van der Waals surface area contributed by atoms with Crippen LogP contribution in [-0.4, -0.2) is 5.97 Å². The zero-order valence-corrected chi connectivity index (χ0v) is 21.2. The molecular formula is C28H49NO2. The fraction of sp³-hybridized carbons (Fsp3) is 0.679. The molecule has 0 aliphatic rings. The molecule has 31 heavy (non-hydrogen) atoms. The number of benzene rings is 1. The van der Waals surface area contributed by atoms with E-state index in [0.717, 1.165) is 40.7 Å². The fourth-order valence-electron chi connectivity index (χ4n) is 4.64. The van der Waals surface area contributed by atoms with Gasteiger partial charge in [0, 0.05) is 5.56 Å². The number of hydrogen-bond acceptors (Lipinski definition) is 2. The van der Waals surface area contributed by atoms with Gasteiger partial charge in [0.25, 0.3) is 0 Å². The molecule has 0 amide bonds. The topological polar surface area (TPSA) is 76.6 Å². The first-order valence-electron chi connectivity index (χ1n) is 12.4. The quantitative estimate of drug-likeness (QED) is 0.253. The summed E-state index contributed by atoms with van der Waals surface area (Å²) in [7, 11) is 0. The Kier molecular flexibility index (Phi) is 16.1. The summed E-state index contributed by atoms with van der Waals surface area (Å²) in [6.45, 7) is 12.1. The molecule has 0 atom stereocenters. The molecule has 1 aromatic rings. The van der Waals surface area contributed by atoms with E-state index < -0.39 is 5.97 Å². The van der Waals surface area contributed by atoms with E-state index in [2.05, 4.69) is 13.5 Å². The van der Waals surface area contributed by atoms with E-state index in [1.807, 2.05) is 26.8 Å². The number of unbranched alkanes of at least 4 members (excludes halogenated alkanes) is 13. The lowest BCUT2D eigenvalue weighted by molar-refractivity contribution is -0.255. The average molecular weight is 432 g/mol. The third-order valence-electron chi connectivity index (χ3n) is 6.69. The second-order valence-corrected chi connectivity index (χ2v) is 8.98. The lowest BCUT2D eigenvalue weighted by Gasteiger charge is -2.21. The molecule has 0 aromatic heterocycles. The third-order valence-corrected chi connectivity index (χ3v) is 6.69. The van der Waals surface area contributed by atoms with Crippen molar-refractivity contribution in [3.05, 3.63) is 40.0 Å². The molecule has 0 saturated heterocycles. The summed E-state index contributed by atoms with van der Waals surface area (Å²) in [6.07, 6.45) is 21.3. The van der Waals surface area contributed by atoms with Gasteiger partial charge in [-0.05, 0) is 61.4 Å². The highest BCUT2D eigenvalue weighted by atomic mass is 16.4. The van der Waals surface area contributed by atoms with Gasteiger partial charge in [0.2, 0.25) is 0 Å². The van der Waals surface area contributed by atoms with Gasteiger partial charge in [-0.3, -0.25) is 0 Å². The van der Waals surface area contributed by atoms with E-state index in [1.165, 1.54) is 83.5 Å². The molecule has 0 heterocycles. The molecule has 0 unspecified atom stereocenters. The van der Waals surface area contributed by atoms with E-state index in [9.17, 15) is 9.90 Å². The molecule has 0 aliphatic carbocycles. The van der Waals surface area contributed by atoms with Gasteiger partial charge >= 0.3 is 0 Å². The van der Waals surface area contributed by atoms with Gasteiger partial charge in [-0.2, -0.15) is 0 Å². The average Bonchev–Trinajstić information content (AvgIpc) is 2.72. The van der Waals surface area contributed by atoms with Crippen LogP contribution in [0.4, 0.5) is 0 Å². The van der Waals surface area contributed by atoms with Crippen molar-refractivity contribution >= 4 is 12.0 Å². The van der Waals surface area contributed by atoms with Crippen molar-refractivity contribution in [1.29, 1.82) is 0 Å². The molecule has 1 aromatic carbocycles. The van der Waals surface area contributed by atoms with Gasteiger partial charge in [0.1, 0.15) is 0 Å². The summed E-state index contributed by atoms with van der Waals surface area (Å²) < 4.78 is 0. The molecule has 178 valence electrons. The first kappa shape index (κ1) is 29.4. The summed E-state index contributed by atoms with van der Waals surface area (Å²) in [6, 6.07) is 0. The number of carbonyl (C=O) groups excluding carboxylic acids is 1. The SMILES string of the molecule is C=Cc1c(C)c(C)c(C(=O)[O-])c(CCCCCCCCCCCCCCCC)c1C.[NH4+]. The minimum Gasteiger partial charge on any atom is -0.545 e. The van der Waals surface area contributed by atoms with Crippen LogP contribution in [0.25, 0.3) is 6.08 Å². The molecule has 0 saturated carbocycles. The maximum absolute atomic E-state index is 11.8. The van der Waals surface area contributed by atoms with Gasteiger partial charge in [-0.25, -0.2) is 0 Å². The summed E-state index contributed by atoms with van der Waals surface area (Å²) in [4.78, 5) is 11.8. The van der Waals surface area contributed by atoms with Crippen molar-refractivity contribution < 1.29 is 9.90 Å². The number of carboxylic acid groups (broad SMARTS) is 1. The van der Waals surface area contributed by atoms with Crippen LogP contribution in [0.15, 0.2) is 6.58 Å². The normalized spacial score (nSPS) is 10.7. The number of quaternary nitrogens is 1. The van der Waals surface area contributed by atoms with Crippen LogP contribution in [0.3, 0.4) is 0 Å². The van der Waals surface area contributed by atoms with E-state index in [-0.39, 0.29) is 6.15 Å². The second kappa shape index (κ2) is 17.0. The van der Waals surface area contributed by atoms with Gasteiger partial charge in [-0.15, -0.1) is 0 Å². The van der Waals surface area contributed by atoms with Gasteiger partial charge in [-0.1, -0.05) is 103 Å². The maximum atomic E-state index is 11.8. The minimum atomic E-state index is -1.05. The third kappa shape index (κ3) is 10.0. The monoisotopic (exact) mass is 431 g/mol. The Hall–Kier alpha value is -1.61. The van der Waals surface area contributed by atoms with Gasteiger partial charge < -0.3 is 16.1 Å². The number of aromatic carboxylic acids is 1. The smallest absolute Gasteiger partial charge is 0.0720 e. The van der Waals surface area contributed by atoms with E-state index in [1.54, 1.807) is 0 Å². The van der Waals surface area contributed by atoms with Crippen molar-refractivity contribution in [1.82, 2.24) is 6.15 Å². The minimum absolute atomic E-state index is 0. The number of rotatable bonds is 17. The number of carbonyl (C=O) groups is 1. The highest BCUT2D eigenvalue weighted by molar-refractivity contribution is 5.91. The Morgan fingerprint density at radius 3 is 1.55 bits per heavy atom. The Labute approximate surface area is 192 Å². The van der Waals surface area contributed by atoms with Crippen LogP contribution in [0, 0.1) is 20.8 Å². The molecule has 0 bridgehead atoms. The zero-order valence-electron chi connectivity index (χ0n) is 21.2. The zero-order chi connectivity index (χ0) is 22.4. The fourth-order valence-corrected chi connectivity index (χ4v) is 4.64. The lowest BCUT2D eigenvalue weighted by atomic mass is 9.86. The van der Waals surface area contributed by atoms with Crippen LogP contribution >= 0.6 is 0 Å². The Balaban J connectivity index is 0.00000900. The van der Waals surface area contributed by atoms with Gasteiger partial charge in [0.15, 0.2) is 0 Å². The lowest BCUT2D eigenvalue weighted by Crippen LogP contribution is -2.26. The van der Waals surface area contributed by atoms with Crippen molar-refractivity contribution in [2.45, 2.75) is 124 Å².